The van der Waals surface area contributed by atoms with Crippen molar-refractivity contribution in [3.63, 3.8) is 0 Å². The Morgan fingerprint density at radius 2 is 1.27 bits per heavy atom. The third-order valence-electron chi connectivity index (χ3n) is 5.09. The highest BCUT2D eigenvalue weighted by Gasteiger charge is 2.37. The standard InChI is InChI=1S/C22H28N4O4/c1-25(2)11-9-23-13-5-6-14(24-10-12-26(3)4)18-17(13)21(29)19-15(27)7-8-16(28)20(19)22(18)30/h5-8,23-24,27-28H,9-12H2,1-4H3/p+1. The number of quaternary nitrogens is 1. The molecular weight excluding hydrogens is 384 g/mol. The van der Waals surface area contributed by atoms with E-state index >= 15 is 0 Å². The monoisotopic (exact) mass is 413 g/mol. The number of nitrogens with one attached hydrogen (secondary N) is 3. The highest BCUT2D eigenvalue weighted by atomic mass is 16.3. The fraction of sp³-hybridized carbons (Fsp3) is 0.364. The zero-order valence-corrected chi connectivity index (χ0v) is 17.8. The smallest absolute Gasteiger partial charge is 0.200 e. The second-order valence-electron chi connectivity index (χ2n) is 8.04. The molecule has 2 aromatic carbocycles. The quantitative estimate of drug-likeness (QED) is 0.341. The van der Waals surface area contributed by atoms with Crippen LogP contribution in [0.2, 0.25) is 0 Å². The van der Waals surface area contributed by atoms with Crippen molar-refractivity contribution < 1.29 is 24.7 Å². The zero-order valence-electron chi connectivity index (χ0n) is 17.8. The van der Waals surface area contributed by atoms with Gasteiger partial charge in [0.25, 0.3) is 0 Å². The molecule has 8 nitrogen and oxygen atoms in total. The number of phenolic OH excluding ortho intramolecular Hbond substituents is 2. The van der Waals surface area contributed by atoms with Crippen molar-refractivity contribution in [1.29, 1.82) is 0 Å². The fourth-order valence-electron chi connectivity index (χ4n) is 3.52. The Morgan fingerprint density at radius 3 is 1.70 bits per heavy atom. The first-order valence-corrected chi connectivity index (χ1v) is 9.95. The molecule has 160 valence electrons. The molecule has 0 amide bonds. The summed E-state index contributed by atoms with van der Waals surface area (Å²) in [7, 11) is 7.95. The van der Waals surface area contributed by atoms with Crippen LogP contribution >= 0.6 is 0 Å². The van der Waals surface area contributed by atoms with Crippen LogP contribution in [0.1, 0.15) is 31.8 Å². The molecule has 0 spiro atoms. The summed E-state index contributed by atoms with van der Waals surface area (Å²) in [6.07, 6.45) is 0. The number of aromatic hydroxyl groups is 2. The first-order chi connectivity index (χ1) is 14.2. The highest BCUT2D eigenvalue weighted by molar-refractivity contribution is 6.33. The Kier molecular flexibility index (Phi) is 6.28. The zero-order chi connectivity index (χ0) is 22.0. The van der Waals surface area contributed by atoms with E-state index in [4.69, 9.17) is 0 Å². The lowest BCUT2D eigenvalue weighted by molar-refractivity contribution is -0.856. The lowest BCUT2D eigenvalue weighted by Gasteiger charge is -2.25. The van der Waals surface area contributed by atoms with Gasteiger partial charge in [-0.15, -0.1) is 0 Å². The van der Waals surface area contributed by atoms with E-state index in [0.717, 1.165) is 13.1 Å². The molecule has 0 bridgehead atoms. The van der Waals surface area contributed by atoms with Gasteiger partial charge in [-0.1, -0.05) is 0 Å². The maximum absolute atomic E-state index is 13.4. The van der Waals surface area contributed by atoms with Gasteiger partial charge in [-0.3, -0.25) is 9.59 Å². The molecule has 1 aliphatic rings. The summed E-state index contributed by atoms with van der Waals surface area (Å²) in [5.74, 6) is -1.60. The average molecular weight is 413 g/mol. The van der Waals surface area contributed by atoms with Gasteiger partial charge >= 0.3 is 0 Å². The number of benzene rings is 2. The number of fused-ring (bicyclic) bond motifs is 2. The average Bonchev–Trinajstić information content (AvgIpc) is 2.67. The van der Waals surface area contributed by atoms with E-state index < -0.39 is 11.6 Å². The van der Waals surface area contributed by atoms with Gasteiger partial charge in [0.05, 0.1) is 49.4 Å². The Labute approximate surface area is 176 Å². The number of carbonyl (C=O) groups is 2. The van der Waals surface area contributed by atoms with Crippen LogP contribution in [0.4, 0.5) is 11.4 Å². The number of likely N-dealkylation sites (N-methyl/N-ethyl adjacent to an activating group) is 2. The molecule has 0 radical (unpaired) electrons. The molecule has 30 heavy (non-hydrogen) atoms. The van der Waals surface area contributed by atoms with E-state index in [2.05, 4.69) is 10.6 Å². The van der Waals surface area contributed by atoms with E-state index in [0.29, 0.717) is 24.5 Å². The van der Waals surface area contributed by atoms with Gasteiger partial charge in [-0.05, 0) is 38.4 Å². The van der Waals surface area contributed by atoms with Gasteiger partial charge < -0.3 is 30.6 Å². The topological polar surface area (TPSA) is 106 Å². The van der Waals surface area contributed by atoms with Gasteiger partial charge in [0, 0.05) is 24.5 Å². The van der Waals surface area contributed by atoms with Crippen molar-refractivity contribution in [3.05, 3.63) is 46.5 Å². The number of ketones is 2. The predicted octanol–water partition coefficient (Wildman–Crippen LogP) is 0.403. The maximum atomic E-state index is 13.4. The van der Waals surface area contributed by atoms with Gasteiger partial charge in [-0.2, -0.15) is 0 Å². The number of carbonyl (C=O) groups excluding carboxylic acids is 2. The number of phenols is 2. The number of hydrogen-bond acceptors (Lipinski definition) is 7. The first-order valence-electron chi connectivity index (χ1n) is 9.95. The molecule has 0 heterocycles. The van der Waals surface area contributed by atoms with Gasteiger partial charge in [-0.25, -0.2) is 0 Å². The maximum Gasteiger partial charge on any atom is 0.200 e. The Bertz CT molecular complexity index is 908. The minimum absolute atomic E-state index is 0.153. The van der Waals surface area contributed by atoms with Crippen molar-refractivity contribution in [2.24, 2.45) is 0 Å². The van der Waals surface area contributed by atoms with Crippen LogP contribution < -0.4 is 15.5 Å². The Balaban J connectivity index is 2.11. The summed E-state index contributed by atoms with van der Waals surface area (Å²) >= 11 is 0. The number of anilines is 2. The molecule has 5 N–H and O–H groups in total. The van der Waals surface area contributed by atoms with Crippen molar-refractivity contribution in [3.8, 4) is 11.5 Å². The largest absolute Gasteiger partial charge is 0.507 e. The molecule has 0 saturated heterocycles. The second kappa shape index (κ2) is 8.73. The van der Waals surface area contributed by atoms with Gasteiger partial charge in [0.2, 0.25) is 11.6 Å². The molecule has 0 unspecified atom stereocenters. The van der Waals surface area contributed by atoms with Crippen LogP contribution in [-0.2, 0) is 0 Å². The minimum Gasteiger partial charge on any atom is -0.507 e. The molecular formula is C22H29N4O4+. The first kappa shape index (κ1) is 21.6. The van der Waals surface area contributed by atoms with Crippen molar-refractivity contribution >= 4 is 22.9 Å². The lowest BCUT2D eigenvalue weighted by atomic mass is 9.81. The summed E-state index contributed by atoms with van der Waals surface area (Å²) in [5.41, 5.74) is 1.20. The second-order valence-corrected chi connectivity index (χ2v) is 8.04. The van der Waals surface area contributed by atoms with E-state index in [9.17, 15) is 19.8 Å². The van der Waals surface area contributed by atoms with Crippen molar-refractivity contribution in [1.82, 2.24) is 4.90 Å². The molecule has 8 heteroatoms. The molecule has 1 aliphatic carbocycles. The number of nitrogens with zero attached hydrogens (tertiary/aromatic N) is 1. The highest BCUT2D eigenvalue weighted by Crippen LogP contribution is 2.42. The fourth-order valence-corrected chi connectivity index (χ4v) is 3.52. The third kappa shape index (κ3) is 4.10. The van der Waals surface area contributed by atoms with Crippen LogP contribution in [0.5, 0.6) is 11.5 Å². The van der Waals surface area contributed by atoms with Crippen LogP contribution in [0.25, 0.3) is 0 Å². The van der Waals surface area contributed by atoms with Crippen molar-refractivity contribution in [2.75, 3.05) is 65.0 Å². The summed E-state index contributed by atoms with van der Waals surface area (Å²) in [4.78, 5) is 30.0. The molecule has 0 atom stereocenters. The molecule has 0 saturated carbocycles. The van der Waals surface area contributed by atoms with Crippen LogP contribution in [0.3, 0.4) is 0 Å². The number of hydrogen-bond donors (Lipinski definition) is 5. The molecule has 2 aromatic rings. The molecule has 0 fully saturated rings. The van der Waals surface area contributed by atoms with E-state index in [-0.39, 0.29) is 33.8 Å². The summed E-state index contributed by atoms with van der Waals surface area (Å²) in [6.45, 7) is 2.76. The van der Waals surface area contributed by atoms with Gasteiger partial charge in [0.15, 0.2) is 0 Å². The van der Waals surface area contributed by atoms with E-state index in [1.165, 1.54) is 17.0 Å². The molecule has 0 aromatic heterocycles. The van der Waals surface area contributed by atoms with Gasteiger partial charge in [0.1, 0.15) is 11.5 Å². The molecule has 3 rings (SSSR count). The van der Waals surface area contributed by atoms with E-state index in [1.807, 2.05) is 33.1 Å². The summed E-state index contributed by atoms with van der Waals surface area (Å²) < 4.78 is 0. The van der Waals surface area contributed by atoms with Crippen molar-refractivity contribution in [2.45, 2.75) is 0 Å². The molecule has 0 aliphatic heterocycles. The summed E-state index contributed by atoms with van der Waals surface area (Å²) in [5, 5.41) is 27.0. The lowest BCUT2D eigenvalue weighted by Crippen LogP contribution is -3.06. The van der Waals surface area contributed by atoms with E-state index in [1.54, 1.807) is 12.1 Å². The van der Waals surface area contributed by atoms with Crippen LogP contribution in [0.15, 0.2) is 24.3 Å². The SMILES string of the molecule is CN(C)CCNc1ccc(NCC[NH+](C)C)c2c1C(=O)c1c(O)ccc(O)c1C2=O. The minimum atomic E-state index is -0.484. The Morgan fingerprint density at radius 1 is 0.800 bits per heavy atom. The summed E-state index contributed by atoms with van der Waals surface area (Å²) in [6, 6.07) is 6.00. The number of rotatable bonds is 8. The van der Waals surface area contributed by atoms with Crippen LogP contribution in [-0.4, -0.2) is 81.0 Å². The van der Waals surface area contributed by atoms with Crippen LogP contribution in [0, 0.1) is 0 Å². The Hall–Kier alpha value is -3.10. The normalized spacial score (nSPS) is 12.9. The predicted molar refractivity (Wildman–Crippen MR) is 116 cm³/mol. The third-order valence-corrected chi connectivity index (χ3v) is 5.09.